The molecule has 102 valence electrons. The smallest absolute Gasteiger partial charge is 0.303 e. The summed E-state index contributed by atoms with van der Waals surface area (Å²) < 4.78 is 3.15. The van der Waals surface area contributed by atoms with Gasteiger partial charge in [-0.2, -0.15) is 0 Å². The quantitative estimate of drug-likeness (QED) is 0.754. The average Bonchev–Trinajstić information content (AvgIpc) is 2.86. The highest BCUT2D eigenvalue weighted by atomic mass is 16.4. The van der Waals surface area contributed by atoms with Crippen molar-refractivity contribution in [3.05, 3.63) is 40.4 Å². The summed E-state index contributed by atoms with van der Waals surface area (Å²) in [6, 6.07) is 7.15. The Kier molecular flexibility index (Phi) is 2.74. The third-order valence-electron chi connectivity index (χ3n) is 3.26. The van der Waals surface area contributed by atoms with Gasteiger partial charge in [0, 0.05) is 13.5 Å². The SMILES string of the molecule is Cn1c(=O)c2ccccc2n2c(CCC(=O)O)nnc12. The predicted octanol–water partition coefficient (Wildman–Crippen LogP) is 0.598. The number of carbonyl (C=O) groups is 1. The molecular formula is C13H12N4O3. The van der Waals surface area contributed by atoms with E-state index in [4.69, 9.17) is 5.11 Å². The summed E-state index contributed by atoms with van der Waals surface area (Å²) in [5, 5.41) is 17.3. The molecule has 0 radical (unpaired) electrons. The van der Waals surface area contributed by atoms with Crippen molar-refractivity contribution in [2.45, 2.75) is 12.8 Å². The normalized spacial score (nSPS) is 11.2. The monoisotopic (exact) mass is 272 g/mol. The maximum atomic E-state index is 12.2. The first kappa shape index (κ1) is 12.3. The van der Waals surface area contributed by atoms with Gasteiger partial charge in [-0.15, -0.1) is 10.2 Å². The Bertz CT molecular complexity index is 878. The van der Waals surface area contributed by atoms with Crippen LogP contribution in [0.4, 0.5) is 0 Å². The number of nitrogens with zero attached hydrogens (tertiary/aromatic N) is 4. The molecule has 0 spiro atoms. The number of aryl methyl sites for hydroxylation is 2. The summed E-state index contributed by atoms with van der Waals surface area (Å²) in [5.74, 6) is 0.0548. The zero-order chi connectivity index (χ0) is 14.3. The van der Waals surface area contributed by atoms with Crippen molar-refractivity contribution in [1.29, 1.82) is 0 Å². The van der Waals surface area contributed by atoms with Crippen molar-refractivity contribution in [1.82, 2.24) is 19.2 Å². The summed E-state index contributed by atoms with van der Waals surface area (Å²) in [4.78, 5) is 22.9. The summed E-state index contributed by atoms with van der Waals surface area (Å²) in [6.45, 7) is 0. The van der Waals surface area contributed by atoms with Crippen LogP contribution in [-0.2, 0) is 18.3 Å². The summed E-state index contributed by atoms with van der Waals surface area (Å²) >= 11 is 0. The van der Waals surface area contributed by atoms with Crippen molar-refractivity contribution >= 4 is 22.6 Å². The van der Waals surface area contributed by atoms with Crippen LogP contribution in [0.1, 0.15) is 12.2 Å². The molecule has 7 nitrogen and oxygen atoms in total. The Hall–Kier alpha value is -2.70. The van der Waals surface area contributed by atoms with Gasteiger partial charge in [0.25, 0.3) is 5.56 Å². The molecule has 1 N–H and O–H groups in total. The second kappa shape index (κ2) is 4.44. The van der Waals surface area contributed by atoms with Crippen LogP contribution >= 0.6 is 0 Å². The Balaban J connectivity index is 2.35. The molecule has 1 aromatic carbocycles. The Morgan fingerprint density at radius 2 is 2.05 bits per heavy atom. The molecule has 0 amide bonds. The van der Waals surface area contributed by atoms with Gasteiger partial charge >= 0.3 is 5.97 Å². The van der Waals surface area contributed by atoms with E-state index in [9.17, 15) is 9.59 Å². The highest BCUT2D eigenvalue weighted by Crippen LogP contribution is 2.14. The van der Waals surface area contributed by atoms with Crippen molar-refractivity contribution < 1.29 is 9.90 Å². The molecule has 3 rings (SSSR count). The van der Waals surface area contributed by atoms with E-state index in [1.54, 1.807) is 29.6 Å². The molecule has 0 fully saturated rings. The number of benzene rings is 1. The molecule has 0 saturated heterocycles. The molecule has 2 heterocycles. The molecule has 3 aromatic rings. The number of carboxylic acids is 1. The lowest BCUT2D eigenvalue weighted by molar-refractivity contribution is -0.137. The minimum Gasteiger partial charge on any atom is -0.481 e. The van der Waals surface area contributed by atoms with Gasteiger partial charge in [0.1, 0.15) is 5.82 Å². The molecule has 0 aliphatic carbocycles. The number of hydrogen-bond donors (Lipinski definition) is 1. The van der Waals surface area contributed by atoms with Gasteiger partial charge in [0.05, 0.1) is 17.3 Å². The number of aliphatic carboxylic acids is 1. The van der Waals surface area contributed by atoms with E-state index in [0.29, 0.717) is 22.5 Å². The van der Waals surface area contributed by atoms with Crippen LogP contribution in [0.2, 0.25) is 0 Å². The van der Waals surface area contributed by atoms with Crippen LogP contribution in [0.25, 0.3) is 16.7 Å². The molecule has 0 unspecified atom stereocenters. The van der Waals surface area contributed by atoms with E-state index >= 15 is 0 Å². The number of rotatable bonds is 3. The van der Waals surface area contributed by atoms with E-state index in [-0.39, 0.29) is 18.4 Å². The van der Waals surface area contributed by atoms with Crippen molar-refractivity contribution in [2.24, 2.45) is 7.05 Å². The minimum absolute atomic E-state index is 0.0298. The van der Waals surface area contributed by atoms with Crippen LogP contribution in [0.3, 0.4) is 0 Å². The van der Waals surface area contributed by atoms with Gasteiger partial charge in [0.15, 0.2) is 0 Å². The third-order valence-corrected chi connectivity index (χ3v) is 3.26. The first-order valence-corrected chi connectivity index (χ1v) is 6.13. The van der Waals surface area contributed by atoms with Gasteiger partial charge in [0.2, 0.25) is 5.78 Å². The average molecular weight is 272 g/mol. The number of para-hydroxylation sites is 1. The Morgan fingerprint density at radius 3 is 2.80 bits per heavy atom. The van der Waals surface area contributed by atoms with Gasteiger partial charge in [-0.25, -0.2) is 0 Å². The third kappa shape index (κ3) is 1.75. The Morgan fingerprint density at radius 1 is 1.30 bits per heavy atom. The molecular weight excluding hydrogens is 260 g/mol. The van der Waals surface area contributed by atoms with Gasteiger partial charge < -0.3 is 5.11 Å². The lowest BCUT2D eigenvalue weighted by Gasteiger charge is -2.07. The first-order valence-electron chi connectivity index (χ1n) is 6.13. The van der Waals surface area contributed by atoms with Crippen molar-refractivity contribution in [3.63, 3.8) is 0 Å². The second-order valence-electron chi connectivity index (χ2n) is 4.53. The molecule has 0 aliphatic heterocycles. The Labute approximate surface area is 113 Å². The number of aromatic nitrogens is 4. The largest absolute Gasteiger partial charge is 0.481 e. The fourth-order valence-electron chi connectivity index (χ4n) is 2.27. The number of carboxylic acid groups (broad SMARTS) is 1. The van der Waals surface area contributed by atoms with Crippen molar-refractivity contribution in [2.75, 3.05) is 0 Å². The highest BCUT2D eigenvalue weighted by Gasteiger charge is 2.14. The van der Waals surface area contributed by atoms with Gasteiger partial charge in [-0.1, -0.05) is 12.1 Å². The maximum Gasteiger partial charge on any atom is 0.303 e. The van der Waals surface area contributed by atoms with E-state index in [0.717, 1.165) is 0 Å². The topological polar surface area (TPSA) is 89.5 Å². The first-order chi connectivity index (χ1) is 9.59. The summed E-state index contributed by atoms with van der Waals surface area (Å²) in [6.07, 6.45) is 0.233. The maximum absolute atomic E-state index is 12.2. The zero-order valence-corrected chi connectivity index (χ0v) is 10.8. The molecule has 20 heavy (non-hydrogen) atoms. The van der Waals surface area contributed by atoms with Crippen LogP contribution in [0.15, 0.2) is 29.1 Å². The van der Waals surface area contributed by atoms with E-state index in [1.807, 2.05) is 6.07 Å². The molecule has 7 heteroatoms. The second-order valence-corrected chi connectivity index (χ2v) is 4.53. The molecule has 2 aromatic heterocycles. The van der Waals surface area contributed by atoms with Crippen molar-refractivity contribution in [3.8, 4) is 0 Å². The van der Waals surface area contributed by atoms with Crippen LogP contribution in [-0.4, -0.2) is 30.2 Å². The minimum atomic E-state index is -0.893. The highest BCUT2D eigenvalue weighted by molar-refractivity contribution is 5.80. The fraction of sp³-hybridized carbons (Fsp3) is 0.231. The number of hydrogen-bond acceptors (Lipinski definition) is 4. The van der Waals surface area contributed by atoms with Gasteiger partial charge in [-0.3, -0.25) is 18.6 Å². The predicted molar refractivity (Wildman–Crippen MR) is 71.7 cm³/mol. The summed E-state index contributed by atoms with van der Waals surface area (Å²) in [5.41, 5.74) is 0.543. The van der Waals surface area contributed by atoms with Crippen LogP contribution in [0, 0.1) is 0 Å². The van der Waals surface area contributed by atoms with E-state index in [1.165, 1.54) is 4.57 Å². The molecule has 0 aliphatic rings. The van der Waals surface area contributed by atoms with Crippen LogP contribution in [0.5, 0.6) is 0 Å². The lowest BCUT2D eigenvalue weighted by Crippen LogP contribution is -2.20. The molecule has 0 saturated carbocycles. The standard InChI is InChI=1S/C13H12N4O3/c1-16-12(20)8-4-2-3-5-9(8)17-10(6-7-11(18)19)14-15-13(16)17/h2-5H,6-7H2,1H3,(H,18,19). The van der Waals surface area contributed by atoms with Gasteiger partial charge in [-0.05, 0) is 12.1 Å². The lowest BCUT2D eigenvalue weighted by atomic mass is 10.2. The fourth-order valence-corrected chi connectivity index (χ4v) is 2.27. The number of fused-ring (bicyclic) bond motifs is 3. The van der Waals surface area contributed by atoms with Crippen LogP contribution < -0.4 is 5.56 Å². The zero-order valence-electron chi connectivity index (χ0n) is 10.8. The summed E-state index contributed by atoms with van der Waals surface area (Å²) in [7, 11) is 1.62. The molecule has 0 atom stereocenters. The van der Waals surface area contributed by atoms with E-state index in [2.05, 4.69) is 10.2 Å². The van der Waals surface area contributed by atoms with E-state index < -0.39 is 5.97 Å². The molecule has 0 bridgehead atoms.